The highest BCUT2D eigenvalue weighted by molar-refractivity contribution is 7.99. The summed E-state index contributed by atoms with van der Waals surface area (Å²) < 4.78 is 5.99. The molecule has 20 heavy (non-hydrogen) atoms. The van der Waals surface area contributed by atoms with E-state index in [1.165, 1.54) is 0 Å². The Labute approximate surface area is 124 Å². The number of ketones is 1. The van der Waals surface area contributed by atoms with E-state index in [1.807, 2.05) is 36.9 Å². The summed E-state index contributed by atoms with van der Waals surface area (Å²) in [5, 5.41) is 0. The fourth-order valence-corrected chi connectivity index (χ4v) is 4.56. The predicted octanol–water partition coefficient (Wildman–Crippen LogP) is 3.06. The Morgan fingerprint density at radius 1 is 1.50 bits per heavy atom. The van der Waals surface area contributed by atoms with Crippen LogP contribution in [-0.2, 0) is 4.74 Å². The number of hydrogen-bond acceptors (Lipinski definition) is 4. The van der Waals surface area contributed by atoms with E-state index >= 15 is 0 Å². The van der Waals surface area contributed by atoms with Gasteiger partial charge in [-0.25, -0.2) is 0 Å². The van der Waals surface area contributed by atoms with Crippen LogP contribution < -0.4 is 5.73 Å². The molecule has 0 saturated carbocycles. The smallest absolute Gasteiger partial charge is 0.166 e. The first kappa shape index (κ1) is 14.0. The minimum absolute atomic E-state index is 0.0356. The highest BCUT2D eigenvalue weighted by Crippen LogP contribution is 2.41. The Morgan fingerprint density at radius 2 is 2.35 bits per heavy atom. The van der Waals surface area contributed by atoms with Gasteiger partial charge in [-0.2, -0.15) is 11.8 Å². The number of carbonyl (C=O) groups is 1. The van der Waals surface area contributed by atoms with Crippen LogP contribution in [0.3, 0.4) is 0 Å². The molecule has 3 rings (SSSR count). The molecule has 0 bridgehead atoms. The number of benzene rings is 1. The Kier molecular flexibility index (Phi) is 3.78. The first-order valence-corrected chi connectivity index (χ1v) is 8.37. The van der Waals surface area contributed by atoms with Gasteiger partial charge in [0, 0.05) is 29.5 Å². The summed E-state index contributed by atoms with van der Waals surface area (Å²) in [7, 11) is 0. The van der Waals surface area contributed by atoms with E-state index in [1.54, 1.807) is 0 Å². The number of nitrogen functional groups attached to an aromatic ring is 1. The van der Waals surface area contributed by atoms with Crippen molar-refractivity contribution in [2.24, 2.45) is 5.92 Å². The SMILES string of the molecule is Cc1cc(C(=O)C2CCOC3(CCSC3)C2)ccc1N. The summed E-state index contributed by atoms with van der Waals surface area (Å²) in [6.07, 6.45) is 2.80. The summed E-state index contributed by atoms with van der Waals surface area (Å²) in [6.45, 7) is 2.66. The van der Waals surface area contributed by atoms with Crippen LogP contribution in [-0.4, -0.2) is 29.5 Å². The number of nitrogens with two attached hydrogens (primary N) is 1. The maximum Gasteiger partial charge on any atom is 0.166 e. The fourth-order valence-electron chi connectivity index (χ4n) is 3.18. The van der Waals surface area contributed by atoms with Crippen LogP contribution >= 0.6 is 11.8 Å². The van der Waals surface area contributed by atoms with Crippen LogP contribution in [0.4, 0.5) is 5.69 Å². The number of aryl methyl sites for hydroxylation is 1. The molecule has 2 unspecified atom stereocenters. The van der Waals surface area contributed by atoms with Crippen molar-refractivity contribution in [2.45, 2.75) is 31.8 Å². The van der Waals surface area contributed by atoms with Gasteiger partial charge in [-0.1, -0.05) is 0 Å². The number of carbonyl (C=O) groups excluding carboxylic acids is 1. The van der Waals surface area contributed by atoms with Crippen LogP contribution in [0.2, 0.25) is 0 Å². The van der Waals surface area contributed by atoms with Gasteiger partial charge in [0.25, 0.3) is 0 Å². The lowest BCUT2D eigenvalue weighted by Gasteiger charge is -2.37. The Bertz CT molecular complexity index is 523. The zero-order chi connectivity index (χ0) is 14.2. The predicted molar refractivity (Wildman–Crippen MR) is 83.3 cm³/mol. The summed E-state index contributed by atoms with van der Waals surface area (Å²) in [4.78, 5) is 12.7. The molecule has 1 aromatic rings. The third-order valence-corrected chi connectivity index (χ3v) is 5.71. The molecule has 2 atom stereocenters. The van der Waals surface area contributed by atoms with Gasteiger partial charge in [0.1, 0.15) is 0 Å². The molecule has 0 radical (unpaired) electrons. The van der Waals surface area contributed by atoms with Gasteiger partial charge in [-0.05, 0) is 55.7 Å². The molecule has 2 heterocycles. The van der Waals surface area contributed by atoms with Gasteiger partial charge < -0.3 is 10.5 Å². The monoisotopic (exact) mass is 291 g/mol. The van der Waals surface area contributed by atoms with Gasteiger partial charge in [0.2, 0.25) is 0 Å². The molecular weight excluding hydrogens is 270 g/mol. The van der Waals surface area contributed by atoms with Crippen molar-refractivity contribution in [1.82, 2.24) is 0 Å². The Morgan fingerprint density at radius 3 is 3.05 bits per heavy atom. The van der Waals surface area contributed by atoms with E-state index in [9.17, 15) is 4.79 Å². The summed E-state index contributed by atoms with van der Waals surface area (Å²) in [5.41, 5.74) is 8.32. The standard InChI is InChI=1S/C16H21NO2S/c1-11-8-12(2-3-14(11)17)15(18)13-4-6-19-16(9-13)5-7-20-10-16/h2-3,8,13H,4-7,9-10,17H2,1H3. The summed E-state index contributed by atoms with van der Waals surface area (Å²) >= 11 is 1.94. The van der Waals surface area contributed by atoms with Gasteiger partial charge in [-0.15, -0.1) is 0 Å². The lowest BCUT2D eigenvalue weighted by atomic mass is 9.81. The number of Topliss-reactive ketones (excluding diaryl/α,β-unsaturated/α-hetero) is 1. The Hall–Kier alpha value is -1.00. The maximum atomic E-state index is 12.7. The molecule has 2 aliphatic rings. The molecule has 1 spiro atoms. The second-order valence-electron chi connectivity index (χ2n) is 5.96. The summed E-state index contributed by atoms with van der Waals surface area (Å²) in [6, 6.07) is 5.61. The molecule has 0 amide bonds. The van der Waals surface area contributed by atoms with E-state index in [4.69, 9.17) is 10.5 Å². The maximum absolute atomic E-state index is 12.7. The molecule has 3 nitrogen and oxygen atoms in total. The zero-order valence-corrected chi connectivity index (χ0v) is 12.7. The van der Waals surface area contributed by atoms with Gasteiger partial charge >= 0.3 is 0 Å². The van der Waals surface area contributed by atoms with Crippen LogP contribution in [0.1, 0.15) is 35.2 Å². The second kappa shape index (κ2) is 5.41. The molecule has 108 valence electrons. The first-order valence-electron chi connectivity index (χ1n) is 7.22. The van der Waals surface area contributed by atoms with Crippen molar-refractivity contribution in [1.29, 1.82) is 0 Å². The van der Waals surface area contributed by atoms with Crippen LogP contribution in [0.15, 0.2) is 18.2 Å². The topological polar surface area (TPSA) is 52.3 Å². The van der Waals surface area contributed by atoms with Crippen molar-refractivity contribution >= 4 is 23.2 Å². The van der Waals surface area contributed by atoms with Crippen molar-refractivity contribution in [3.8, 4) is 0 Å². The summed E-state index contributed by atoms with van der Waals surface area (Å²) in [5.74, 6) is 2.55. The number of anilines is 1. The minimum atomic E-state index is -0.0356. The van der Waals surface area contributed by atoms with Crippen LogP contribution in [0.25, 0.3) is 0 Å². The van der Waals surface area contributed by atoms with E-state index < -0.39 is 0 Å². The molecule has 1 aromatic carbocycles. The van der Waals surface area contributed by atoms with Crippen LogP contribution in [0.5, 0.6) is 0 Å². The second-order valence-corrected chi connectivity index (χ2v) is 7.06. The molecule has 2 fully saturated rings. The molecule has 2 saturated heterocycles. The van der Waals surface area contributed by atoms with Gasteiger partial charge in [-0.3, -0.25) is 4.79 Å². The van der Waals surface area contributed by atoms with Crippen LogP contribution in [0, 0.1) is 12.8 Å². The number of thioether (sulfide) groups is 1. The van der Waals surface area contributed by atoms with Crippen molar-refractivity contribution < 1.29 is 9.53 Å². The third kappa shape index (κ3) is 2.59. The average Bonchev–Trinajstić information content (AvgIpc) is 2.89. The molecular formula is C16H21NO2S. The molecule has 2 N–H and O–H groups in total. The van der Waals surface area contributed by atoms with Gasteiger partial charge in [0.05, 0.1) is 5.60 Å². The number of hydrogen-bond donors (Lipinski definition) is 1. The average molecular weight is 291 g/mol. The molecule has 4 heteroatoms. The minimum Gasteiger partial charge on any atom is -0.399 e. The van der Waals surface area contributed by atoms with Crippen molar-refractivity contribution in [2.75, 3.05) is 23.8 Å². The van der Waals surface area contributed by atoms with E-state index in [-0.39, 0.29) is 17.3 Å². The fraction of sp³-hybridized carbons (Fsp3) is 0.562. The highest BCUT2D eigenvalue weighted by atomic mass is 32.2. The quantitative estimate of drug-likeness (QED) is 0.672. The first-order chi connectivity index (χ1) is 9.60. The van der Waals surface area contributed by atoms with E-state index in [2.05, 4.69) is 0 Å². The zero-order valence-electron chi connectivity index (χ0n) is 11.9. The lowest BCUT2D eigenvalue weighted by molar-refractivity contribution is -0.0734. The third-order valence-electron chi connectivity index (χ3n) is 4.49. The largest absolute Gasteiger partial charge is 0.399 e. The Balaban J connectivity index is 1.77. The molecule has 2 aliphatic heterocycles. The number of ether oxygens (including phenoxy) is 1. The number of rotatable bonds is 2. The van der Waals surface area contributed by atoms with E-state index in [0.717, 1.165) is 47.6 Å². The van der Waals surface area contributed by atoms with Crippen molar-refractivity contribution in [3.63, 3.8) is 0 Å². The highest BCUT2D eigenvalue weighted by Gasteiger charge is 2.42. The van der Waals surface area contributed by atoms with Crippen molar-refractivity contribution in [3.05, 3.63) is 29.3 Å². The van der Waals surface area contributed by atoms with Gasteiger partial charge in [0.15, 0.2) is 5.78 Å². The molecule has 0 aliphatic carbocycles. The normalized spacial score (nSPS) is 29.8. The van der Waals surface area contributed by atoms with E-state index in [0.29, 0.717) is 6.61 Å². The molecule has 0 aromatic heterocycles. The lowest BCUT2D eigenvalue weighted by Crippen LogP contribution is -2.42.